The molecule has 0 saturated heterocycles. The zero-order chi connectivity index (χ0) is 11.1. The van der Waals surface area contributed by atoms with Gasteiger partial charge in [0.1, 0.15) is 11.3 Å². The third-order valence-corrected chi connectivity index (χ3v) is 2.09. The van der Waals surface area contributed by atoms with E-state index in [2.05, 4.69) is 15.9 Å². The van der Waals surface area contributed by atoms with Crippen LogP contribution in [0, 0.1) is 0 Å². The molecule has 0 aromatic heterocycles. The lowest BCUT2D eigenvalue weighted by Crippen LogP contribution is -1.97. The highest BCUT2D eigenvalue weighted by molar-refractivity contribution is 9.08. The minimum atomic E-state index is -1.12. The normalized spacial score (nSPS) is 8.79. The van der Waals surface area contributed by atoms with Crippen molar-refractivity contribution in [3.8, 4) is 5.75 Å². The molecule has 0 unspecified atom stereocenters. The maximum Gasteiger partial charge on any atom is 0.339 e. The highest BCUT2D eigenvalue weighted by Gasteiger charge is 2.08. The fraction of sp³-hybridized carbons (Fsp3) is 0.300. The molecule has 1 aromatic carbocycles. The lowest BCUT2D eigenvalue weighted by Gasteiger charge is -2.00. The van der Waals surface area contributed by atoms with Gasteiger partial charge in [-0.3, -0.25) is 0 Å². The molecule has 0 aliphatic carbocycles. The monoisotopic (exact) mass is 260 g/mol. The summed E-state index contributed by atoms with van der Waals surface area (Å²) in [5.74, 6) is -1.32. The molecular formula is C10H13BrO3. The Hall–Kier alpha value is -1.03. The van der Waals surface area contributed by atoms with Crippen LogP contribution in [0.5, 0.6) is 5.75 Å². The number of hydrogen-bond acceptors (Lipinski definition) is 2. The molecule has 0 aliphatic heterocycles. The second kappa shape index (κ2) is 6.43. The Labute approximate surface area is 91.5 Å². The molecule has 0 bridgehead atoms. The molecule has 0 heterocycles. The van der Waals surface area contributed by atoms with Gasteiger partial charge in [-0.05, 0) is 17.7 Å². The third kappa shape index (κ3) is 3.38. The summed E-state index contributed by atoms with van der Waals surface area (Å²) in [5.41, 5.74) is 0.761. The van der Waals surface area contributed by atoms with Crippen LogP contribution in [0.4, 0.5) is 0 Å². The second-order valence-corrected chi connectivity index (χ2v) is 2.85. The number of halogens is 1. The number of carbonyl (C=O) groups is 1. The van der Waals surface area contributed by atoms with E-state index in [0.29, 0.717) is 5.33 Å². The van der Waals surface area contributed by atoms with Crippen LogP contribution in [-0.4, -0.2) is 16.2 Å². The Morgan fingerprint density at radius 2 is 2.00 bits per heavy atom. The van der Waals surface area contributed by atoms with Crippen molar-refractivity contribution in [3.05, 3.63) is 29.3 Å². The van der Waals surface area contributed by atoms with Crippen LogP contribution in [0.3, 0.4) is 0 Å². The quantitative estimate of drug-likeness (QED) is 0.804. The molecule has 3 nitrogen and oxygen atoms in total. The van der Waals surface area contributed by atoms with Gasteiger partial charge < -0.3 is 10.2 Å². The largest absolute Gasteiger partial charge is 0.507 e. The van der Waals surface area contributed by atoms with Gasteiger partial charge >= 0.3 is 5.97 Å². The number of phenols is 1. The predicted molar refractivity (Wildman–Crippen MR) is 59.0 cm³/mol. The van der Waals surface area contributed by atoms with Gasteiger partial charge in [-0.25, -0.2) is 4.79 Å². The minimum absolute atomic E-state index is 0.0630. The molecule has 1 rings (SSSR count). The topological polar surface area (TPSA) is 57.5 Å². The van der Waals surface area contributed by atoms with E-state index < -0.39 is 5.97 Å². The molecule has 0 fully saturated rings. The number of rotatable bonds is 2. The number of carboxylic acid groups (broad SMARTS) is 1. The van der Waals surface area contributed by atoms with E-state index in [1.807, 2.05) is 13.8 Å². The summed E-state index contributed by atoms with van der Waals surface area (Å²) in [6.45, 7) is 4.00. The molecule has 4 heteroatoms. The highest BCUT2D eigenvalue weighted by atomic mass is 79.9. The van der Waals surface area contributed by atoms with Crippen molar-refractivity contribution in [2.24, 2.45) is 0 Å². The van der Waals surface area contributed by atoms with Gasteiger partial charge in [0, 0.05) is 5.33 Å². The van der Waals surface area contributed by atoms with E-state index in [9.17, 15) is 4.79 Å². The summed E-state index contributed by atoms with van der Waals surface area (Å²) in [6.07, 6.45) is 0. The summed E-state index contributed by atoms with van der Waals surface area (Å²) in [4.78, 5) is 10.5. The van der Waals surface area contributed by atoms with Crippen LogP contribution < -0.4 is 0 Å². The summed E-state index contributed by atoms with van der Waals surface area (Å²) in [5, 5.41) is 18.3. The average molecular weight is 261 g/mol. The number of hydrogen-bond donors (Lipinski definition) is 2. The molecule has 0 atom stereocenters. The number of carboxylic acids is 1. The van der Waals surface area contributed by atoms with Gasteiger partial charge in [0.15, 0.2) is 0 Å². The van der Waals surface area contributed by atoms with Crippen molar-refractivity contribution in [1.82, 2.24) is 0 Å². The van der Waals surface area contributed by atoms with Crippen LogP contribution in [0.15, 0.2) is 18.2 Å². The molecule has 1 aromatic rings. The molecule has 14 heavy (non-hydrogen) atoms. The van der Waals surface area contributed by atoms with Crippen LogP contribution >= 0.6 is 15.9 Å². The van der Waals surface area contributed by atoms with Crippen LogP contribution in [-0.2, 0) is 5.33 Å². The van der Waals surface area contributed by atoms with E-state index >= 15 is 0 Å². The Morgan fingerprint density at radius 3 is 2.43 bits per heavy atom. The van der Waals surface area contributed by atoms with Crippen molar-refractivity contribution in [2.75, 3.05) is 0 Å². The summed E-state index contributed by atoms with van der Waals surface area (Å²) in [7, 11) is 0. The lowest BCUT2D eigenvalue weighted by atomic mass is 10.1. The average Bonchev–Trinajstić information content (AvgIpc) is 2.21. The first-order valence-electron chi connectivity index (χ1n) is 4.26. The zero-order valence-electron chi connectivity index (χ0n) is 8.12. The summed E-state index contributed by atoms with van der Waals surface area (Å²) in [6, 6.07) is 4.48. The zero-order valence-corrected chi connectivity index (χ0v) is 9.71. The first-order valence-corrected chi connectivity index (χ1v) is 5.38. The van der Waals surface area contributed by atoms with Gasteiger partial charge in [0.25, 0.3) is 0 Å². The number of alkyl halides is 1. The van der Waals surface area contributed by atoms with Crippen molar-refractivity contribution in [2.45, 2.75) is 19.2 Å². The lowest BCUT2D eigenvalue weighted by molar-refractivity contribution is 0.0693. The van der Waals surface area contributed by atoms with Crippen molar-refractivity contribution >= 4 is 21.9 Å². The Kier molecular flexibility index (Phi) is 5.95. The van der Waals surface area contributed by atoms with Crippen molar-refractivity contribution < 1.29 is 15.0 Å². The molecular weight excluding hydrogens is 248 g/mol. The van der Waals surface area contributed by atoms with Crippen molar-refractivity contribution in [3.63, 3.8) is 0 Å². The van der Waals surface area contributed by atoms with Crippen LogP contribution in [0.1, 0.15) is 29.8 Å². The SMILES string of the molecule is CC.O=C(O)c1cc(CBr)ccc1O. The van der Waals surface area contributed by atoms with Crippen molar-refractivity contribution in [1.29, 1.82) is 0 Å². The maximum absolute atomic E-state index is 10.5. The van der Waals surface area contributed by atoms with Gasteiger partial charge in [-0.15, -0.1) is 0 Å². The molecule has 0 radical (unpaired) electrons. The van der Waals surface area contributed by atoms with E-state index in [0.717, 1.165) is 5.56 Å². The van der Waals surface area contributed by atoms with Crippen LogP contribution in [0.2, 0.25) is 0 Å². The molecule has 0 amide bonds. The minimum Gasteiger partial charge on any atom is -0.507 e. The standard InChI is InChI=1S/C8H7BrO3.C2H6/c9-4-5-1-2-7(10)6(3-5)8(11)12;1-2/h1-3,10H,4H2,(H,11,12);1-2H3. The van der Waals surface area contributed by atoms with E-state index in [-0.39, 0.29) is 11.3 Å². The second-order valence-electron chi connectivity index (χ2n) is 2.29. The Morgan fingerprint density at radius 1 is 1.43 bits per heavy atom. The van der Waals surface area contributed by atoms with Crippen LogP contribution in [0.25, 0.3) is 0 Å². The predicted octanol–water partition coefficient (Wildman–Crippen LogP) is 3.01. The molecule has 0 aliphatic rings. The maximum atomic E-state index is 10.5. The molecule has 78 valence electrons. The fourth-order valence-electron chi connectivity index (χ4n) is 0.838. The summed E-state index contributed by atoms with van der Waals surface area (Å²) < 4.78 is 0. The number of aromatic carboxylic acids is 1. The van der Waals surface area contributed by atoms with E-state index in [4.69, 9.17) is 10.2 Å². The van der Waals surface area contributed by atoms with Gasteiger partial charge in [-0.2, -0.15) is 0 Å². The van der Waals surface area contributed by atoms with E-state index in [1.54, 1.807) is 6.07 Å². The third-order valence-electron chi connectivity index (χ3n) is 1.45. The van der Waals surface area contributed by atoms with Gasteiger partial charge in [-0.1, -0.05) is 35.8 Å². The highest BCUT2D eigenvalue weighted by Crippen LogP contribution is 2.19. The number of benzene rings is 1. The van der Waals surface area contributed by atoms with Gasteiger partial charge in [0.05, 0.1) is 0 Å². The Balaban J connectivity index is 0.000000791. The first kappa shape index (κ1) is 13.0. The molecule has 0 saturated carbocycles. The fourth-order valence-corrected chi connectivity index (χ4v) is 1.19. The molecule has 2 N–H and O–H groups in total. The Bertz CT molecular complexity index is 310. The smallest absolute Gasteiger partial charge is 0.339 e. The molecule has 0 spiro atoms. The number of aromatic hydroxyl groups is 1. The first-order chi connectivity index (χ1) is 6.65. The summed E-state index contributed by atoms with van der Waals surface area (Å²) >= 11 is 3.19. The van der Waals surface area contributed by atoms with E-state index in [1.165, 1.54) is 12.1 Å². The van der Waals surface area contributed by atoms with Gasteiger partial charge in [0.2, 0.25) is 0 Å².